The molecule has 0 atom stereocenters. The first-order chi connectivity index (χ1) is 7.72. The summed E-state index contributed by atoms with van der Waals surface area (Å²) in [6, 6.07) is 4.37. The molecule has 5 heteroatoms. The largest absolute Gasteiger partial charge is 0.456 e. The molecule has 17 heavy (non-hydrogen) atoms. The number of nitrogens with zero attached hydrogens (tertiary/aromatic N) is 1. The van der Waals surface area contributed by atoms with Gasteiger partial charge in [-0.1, -0.05) is 6.07 Å². The summed E-state index contributed by atoms with van der Waals surface area (Å²) in [4.78, 5) is 22.0. The first kappa shape index (κ1) is 13.2. The number of carbonyl (C=O) groups is 1. The van der Waals surface area contributed by atoms with Gasteiger partial charge in [0.15, 0.2) is 0 Å². The SMILES string of the molecule is Cc1c(C(=O)OC(C)(C)C)cccc1[N+](=O)[O-]. The van der Waals surface area contributed by atoms with Crippen LogP contribution in [0.2, 0.25) is 0 Å². The van der Waals surface area contributed by atoms with Crippen LogP contribution in [0.1, 0.15) is 36.7 Å². The molecule has 0 N–H and O–H groups in total. The van der Waals surface area contributed by atoms with Crippen molar-refractivity contribution in [1.29, 1.82) is 0 Å². The molecule has 0 unspecified atom stereocenters. The highest BCUT2D eigenvalue weighted by Gasteiger charge is 2.22. The molecule has 5 nitrogen and oxygen atoms in total. The molecule has 0 aliphatic carbocycles. The standard InChI is InChI=1S/C12H15NO4/c1-8-9(11(14)17-12(2,3)4)6-5-7-10(8)13(15)16/h5-7H,1-4H3. The molecule has 0 amide bonds. The van der Waals surface area contributed by atoms with E-state index in [9.17, 15) is 14.9 Å². The molecule has 1 aromatic carbocycles. The smallest absolute Gasteiger partial charge is 0.339 e. The van der Waals surface area contributed by atoms with E-state index in [0.717, 1.165) is 0 Å². The molecule has 0 radical (unpaired) electrons. The fourth-order valence-electron chi connectivity index (χ4n) is 1.38. The molecule has 0 saturated carbocycles. The lowest BCUT2D eigenvalue weighted by atomic mass is 10.1. The van der Waals surface area contributed by atoms with Crippen molar-refractivity contribution in [3.8, 4) is 0 Å². The van der Waals surface area contributed by atoms with E-state index in [1.165, 1.54) is 25.1 Å². The zero-order chi connectivity index (χ0) is 13.2. The Hall–Kier alpha value is -1.91. The zero-order valence-electron chi connectivity index (χ0n) is 10.3. The predicted octanol–water partition coefficient (Wildman–Crippen LogP) is 2.86. The first-order valence-corrected chi connectivity index (χ1v) is 5.20. The van der Waals surface area contributed by atoms with E-state index in [2.05, 4.69) is 0 Å². The van der Waals surface area contributed by atoms with Gasteiger partial charge in [-0.25, -0.2) is 4.79 Å². The van der Waals surface area contributed by atoms with Crippen molar-refractivity contribution in [3.05, 3.63) is 39.4 Å². The average Bonchev–Trinajstić information content (AvgIpc) is 2.14. The Kier molecular flexibility index (Phi) is 3.50. The van der Waals surface area contributed by atoms with E-state index in [-0.39, 0.29) is 11.3 Å². The second-order valence-corrected chi connectivity index (χ2v) is 4.71. The third-order valence-corrected chi connectivity index (χ3v) is 2.12. The van der Waals surface area contributed by atoms with Crippen LogP contribution in [0.4, 0.5) is 5.69 Å². The van der Waals surface area contributed by atoms with Gasteiger partial charge in [0.25, 0.3) is 5.69 Å². The summed E-state index contributed by atoms with van der Waals surface area (Å²) < 4.78 is 5.18. The maximum absolute atomic E-state index is 11.8. The average molecular weight is 237 g/mol. The van der Waals surface area contributed by atoms with Crippen molar-refractivity contribution in [2.45, 2.75) is 33.3 Å². The van der Waals surface area contributed by atoms with Crippen LogP contribution in [-0.4, -0.2) is 16.5 Å². The summed E-state index contributed by atoms with van der Waals surface area (Å²) in [5, 5.41) is 10.7. The molecule has 1 rings (SSSR count). The number of benzene rings is 1. The van der Waals surface area contributed by atoms with Crippen molar-refractivity contribution >= 4 is 11.7 Å². The highest BCUT2D eigenvalue weighted by Crippen LogP contribution is 2.23. The number of hydrogen-bond acceptors (Lipinski definition) is 4. The van der Waals surface area contributed by atoms with Gasteiger partial charge in [-0.2, -0.15) is 0 Å². The fourth-order valence-corrected chi connectivity index (χ4v) is 1.38. The van der Waals surface area contributed by atoms with E-state index in [1.54, 1.807) is 20.8 Å². The Balaban J connectivity index is 3.11. The molecule has 0 saturated heterocycles. The molecule has 1 aromatic rings. The number of rotatable bonds is 2. The van der Waals surface area contributed by atoms with E-state index >= 15 is 0 Å². The Morgan fingerprint density at radius 1 is 1.35 bits per heavy atom. The number of hydrogen-bond donors (Lipinski definition) is 0. The normalized spacial score (nSPS) is 11.1. The van der Waals surface area contributed by atoms with Crippen LogP contribution < -0.4 is 0 Å². The van der Waals surface area contributed by atoms with Gasteiger partial charge in [-0.3, -0.25) is 10.1 Å². The maximum Gasteiger partial charge on any atom is 0.339 e. The molecule has 92 valence electrons. The van der Waals surface area contributed by atoms with Crippen LogP contribution in [0.15, 0.2) is 18.2 Å². The van der Waals surface area contributed by atoms with Crippen molar-refractivity contribution in [2.24, 2.45) is 0 Å². The number of nitro groups is 1. The number of esters is 1. The molecule has 0 spiro atoms. The Labute approximate surface area is 99.5 Å². The van der Waals surface area contributed by atoms with Gasteiger partial charge in [0, 0.05) is 11.6 Å². The molecule has 0 bridgehead atoms. The van der Waals surface area contributed by atoms with Gasteiger partial charge in [0.1, 0.15) is 5.60 Å². The second-order valence-electron chi connectivity index (χ2n) is 4.71. The van der Waals surface area contributed by atoms with Gasteiger partial charge >= 0.3 is 5.97 Å². The number of ether oxygens (including phenoxy) is 1. The highest BCUT2D eigenvalue weighted by atomic mass is 16.6. The number of nitro benzene ring substituents is 1. The summed E-state index contributed by atoms with van der Waals surface area (Å²) in [6.45, 7) is 6.78. The van der Waals surface area contributed by atoms with Gasteiger partial charge < -0.3 is 4.74 Å². The van der Waals surface area contributed by atoms with Crippen molar-refractivity contribution in [2.75, 3.05) is 0 Å². The Morgan fingerprint density at radius 2 is 1.94 bits per heavy atom. The van der Waals surface area contributed by atoms with Gasteiger partial charge in [0.05, 0.1) is 10.5 Å². The highest BCUT2D eigenvalue weighted by molar-refractivity contribution is 5.92. The van der Waals surface area contributed by atoms with Crippen LogP contribution in [0.5, 0.6) is 0 Å². The molecular weight excluding hydrogens is 222 g/mol. The minimum atomic E-state index is -0.617. The molecule has 0 aliphatic rings. The lowest BCUT2D eigenvalue weighted by Gasteiger charge is -2.20. The summed E-state index contributed by atoms with van der Waals surface area (Å²) in [7, 11) is 0. The van der Waals surface area contributed by atoms with Crippen molar-refractivity contribution < 1.29 is 14.5 Å². The van der Waals surface area contributed by atoms with Crippen molar-refractivity contribution in [1.82, 2.24) is 0 Å². The van der Waals surface area contributed by atoms with E-state index in [0.29, 0.717) is 5.56 Å². The molecule has 0 fully saturated rings. The Morgan fingerprint density at radius 3 is 2.41 bits per heavy atom. The van der Waals surface area contributed by atoms with E-state index in [4.69, 9.17) is 4.74 Å². The molecule has 0 aliphatic heterocycles. The minimum absolute atomic E-state index is 0.0756. The van der Waals surface area contributed by atoms with Crippen LogP contribution in [0, 0.1) is 17.0 Å². The minimum Gasteiger partial charge on any atom is -0.456 e. The van der Waals surface area contributed by atoms with Gasteiger partial charge in [-0.15, -0.1) is 0 Å². The molecular formula is C12H15NO4. The predicted molar refractivity (Wildman–Crippen MR) is 63.0 cm³/mol. The summed E-state index contributed by atoms with van der Waals surface area (Å²) >= 11 is 0. The zero-order valence-corrected chi connectivity index (χ0v) is 10.3. The van der Waals surface area contributed by atoms with Gasteiger partial charge in [0.2, 0.25) is 0 Å². The topological polar surface area (TPSA) is 69.4 Å². The van der Waals surface area contributed by atoms with Gasteiger partial charge in [-0.05, 0) is 33.8 Å². The van der Waals surface area contributed by atoms with Crippen LogP contribution >= 0.6 is 0 Å². The fraction of sp³-hybridized carbons (Fsp3) is 0.417. The second kappa shape index (κ2) is 4.53. The van der Waals surface area contributed by atoms with Crippen LogP contribution in [0.3, 0.4) is 0 Å². The van der Waals surface area contributed by atoms with Crippen LogP contribution in [-0.2, 0) is 4.74 Å². The monoisotopic (exact) mass is 237 g/mol. The first-order valence-electron chi connectivity index (χ1n) is 5.20. The third-order valence-electron chi connectivity index (χ3n) is 2.12. The quantitative estimate of drug-likeness (QED) is 0.450. The molecule has 0 heterocycles. The number of carbonyl (C=O) groups excluding carboxylic acids is 1. The third kappa shape index (κ3) is 3.27. The lowest BCUT2D eigenvalue weighted by molar-refractivity contribution is -0.385. The molecule has 0 aromatic heterocycles. The lowest BCUT2D eigenvalue weighted by Crippen LogP contribution is -2.24. The summed E-state index contributed by atoms with van der Waals surface area (Å²) in [6.07, 6.45) is 0. The Bertz CT molecular complexity index is 460. The maximum atomic E-state index is 11.8. The summed E-state index contributed by atoms with van der Waals surface area (Å²) in [5.41, 5.74) is -0.136. The van der Waals surface area contributed by atoms with Crippen molar-refractivity contribution in [3.63, 3.8) is 0 Å². The van der Waals surface area contributed by atoms with E-state index in [1.807, 2.05) is 0 Å². The van der Waals surface area contributed by atoms with Crippen LogP contribution in [0.25, 0.3) is 0 Å². The van der Waals surface area contributed by atoms with E-state index < -0.39 is 16.5 Å². The summed E-state index contributed by atoms with van der Waals surface area (Å²) in [5.74, 6) is -0.543.